The van der Waals surface area contributed by atoms with E-state index in [1.54, 1.807) is 30.6 Å². The number of carbonyl (C=O) groups excluding carboxylic acids is 1. The van der Waals surface area contributed by atoms with E-state index in [0.717, 1.165) is 11.3 Å². The van der Waals surface area contributed by atoms with Crippen molar-refractivity contribution in [2.75, 3.05) is 18.5 Å². The van der Waals surface area contributed by atoms with Crippen molar-refractivity contribution in [3.8, 4) is 17.1 Å². The summed E-state index contributed by atoms with van der Waals surface area (Å²) in [4.78, 5) is 24.0. The molecule has 1 aromatic carbocycles. The molecule has 0 aliphatic heterocycles. The minimum absolute atomic E-state index is 0.0563. The first-order valence-corrected chi connectivity index (χ1v) is 9.18. The van der Waals surface area contributed by atoms with Crippen LogP contribution in [0.5, 0.6) is 5.88 Å². The molecule has 2 heterocycles. The molecule has 0 unspecified atom stereocenters. The number of benzene rings is 1. The SMILES string of the molecule is CC(=O)NCCCOc1ncccc1-c1ccnc(Nc2cccc(Cl)c2)n1. The molecule has 0 aliphatic rings. The Kier molecular flexibility index (Phi) is 6.75. The van der Waals surface area contributed by atoms with Gasteiger partial charge in [0.2, 0.25) is 17.7 Å². The molecule has 0 bridgehead atoms. The van der Waals surface area contributed by atoms with E-state index in [1.807, 2.05) is 24.3 Å². The Morgan fingerprint density at radius 2 is 2.04 bits per heavy atom. The molecule has 0 atom stereocenters. The van der Waals surface area contributed by atoms with E-state index in [4.69, 9.17) is 16.3 Å². The maximum Gasteiger partial charge on any atom is 0.227 e. The molecule has 0 spiro atoms. The number of hydrogen-bond acceptors (Lipinski definition) is 6. The number of rotatable bonds is 8. The van der Waals surface area contributed by atoms with Gasteiger partial charge in [-0.05, 0) is 42.8 Å². The van der Waals surface area contributed by atoms with Gasteiger partial charge >= 0.3 is 0 Å². The van der Waals surface area contributed by atoms with Crippen LogP contribution in [0.2, 0.25) is 5.02 Å². The molecule has 3 rings (SSSR count). The average molecular weight is 398 g/mol. The Morgan fingerprint density at radius 1 is 1.14 bits per heavy atom. The van der Waals surface area contributed by atoms with Crippen LogP contribution in [0.15, 0.2) is 54.9 Å². The zero-order chi connectivity index (χ0) is 19.8. The van der Waals surface area contributed by atoms with Crippen molar-refractivity contribution < 1.29 is 9.53 Å². The van der Waals surface area contributed by atoms with Crippen LogP contribution in [0, 0.1) is 0 Å². The first-order valence-electron chi connectivity index (χ1n) is 8.80. The molecule has 2 aromatic heterocycles. The number of hydrogen-bond donors (Lipinski definition) is 2. The van der Waals surface area contributed by atoms with E-state index < -0.39 is 0 Å². The highest BCUT2D eigenvalue weighted by Crippen LogP contribution is 2.27. The number of amides is 1. The van der Waals surface area contributed by atoms with Crippen LogP contribution in [0.4, 0.5) is 11.6 Å². The fraction of sp³-hybridized carbons (Fsp3) is 0.200. The second kappa shape index (κ2) is 9.66. The second-order valence-electron chi connectivity index (χ2n) is 5.94. The molecular weight excluding hydrogens is 378 g/mol. The number of carbonyl (C=O) groups is 1. The Bertz CT molecular complexity index is 951. The topological polar surface area (TPSA) is 89.0 Å². The molecule has 28 heavy (non-hydrogen) atoms. The van der Waals surface area contributed by atoms with Gasteiger partial charge in [0.1, 0.15) is 0 Å². The van der Waals surface area contributed by atoms with Crippen molar-refractivity contribution in [1.82, 2.24) is 20.3 Å². The fourth-order valence-electron chi connectivity index (χ4n) is 2.47. The Labute approximate surface area is 168 Å². The van der Waals surface area contributed by atoms with Crippen molar-refractivity contribution in [2.45, 2.75) is 13.3 Å². The molecule has 7 nitrogen and oxygen atoms in total. The predicted molar refractivity (Wildman–Crippen MR) is 109 cm³/mol. The monoisotopic (exact) mass is 397 g/mol. The van der Waals surface area contributed by atoms with Crippen molar-refractivity contribution in [3.05, 3.63) is 59.9 Å². The maximum atomic E-state index is 10.9. The highest BCUT2D eigenvalue weighted by molar-refractivity contribution is 6.30. The summed E-state index contributed by atoms with van der Waals surface area (Å²) >= 11 is 6.02. The van der Waals surface area contributed by atoms with Crippen LogP contribution in [-0.2, 0) is 4.79 Å². The normalized spacial score (nSPS) is 10.4. The Balaban J connectivity index is 1.72. The largest absolute Gasteiger partial charge is 0.477 e. The van der Waals surface area contributed by atoms with E-state index >= 15 is 0 Å². The van der Waals surface area contributed by atoms with Crippen LogP contribution in [-0.4, -0.2) is 34.0 Å². The molecule has 0 saturated carbocycles. The lowest BCUT2D eigenvalue weighted by Crippen LogP contribution is -2.22. The smallest absolute Gasteiger partial charge is 0.227 e. The molecule has 0 aliphatic carbocycles. The second-order valence-corrected chi connectivity index (χ2v) is 6.38. The summed E-state index contributed by atoms with van der Waals surface area (Å²) in [5.74, 6) is 0.872. The van der Waals surface area contributed by atoms with Gasteiger partial charge in [0, 0.05) is 36.6 Å². The van der Waals surface area contributed by atoms with Gasteiger partial charge in [-0.2, -0.15) is 0 Å². The van der Waals surface area contributed by atoms with Gasteiger partial charge in [0.25, 0.3) is 0 Å². The lowest BCUT2D eigenvalue weighted by atomic mass is 10.2. The summed E-state index contributed by atoms with van der Waals surface area (Å²) in [5, 5.41) is 6.50. The zero-order valence-electron chi connectivity index (χ0n) is 15.4. The van der Waals surface area contributed by atoms with E-state index in [2.05, 4.69) is 25.6 Å². The minimum Gasteiger partial charge on any atom is -0.477 e. The molecule has 0 saturated heterocycles. The van der Waals surface area contributed by atoms with Crippen LogP contribution >= 0.6 is 11.6 Å². The van der Waals surface area contributed by atoms with E-state index in [-0.39, 0.29) is 5.91 Å². The van der Waals surface area contributed by atoms with E-state index in [0.29, 0.717) is 42.1 Å². The number of anilines is 2. The van der Waals surface area contributed by atoms with E-state index in [9.17, 15) is 4.79 Å². The van der Waals surface area contributed by atoms with Crippen LogP contribution in [0.1, 0.15) is 13.3 Å². The van der Waals surface area contributed by atoms with Crippen molar-refractivity contribution in [1.29, 1.82) is 0 Å². The minimum atomic E-state index is -0.0563. The number of nitrogens with zero attached hydrogens (tertiary/aromatic N) is 3. The average Bonchev–Trinajstić information content (AvgIpc) is 2.68. The highest BCUT2D eigenvalue weighted by atomic mass is 35.5. The summed E-state index contributed by atoms with van der Waals surface area (Å²) < 4.78 is 5.79. The fourth-order valence-corrected chi connectivity index (χ4v) is 2.66. The molecule has 0 radical (unpaired) electrons. The number of pyridine rings is 1. The van der Waals surface area contributed by atoms with Gasteiger partial charge in [-0.1, -0.05) is 17.7 Å². The van der Waals surface area contributed by atoms with Crippen LogP contribution in [0.3, 0.4) is 0 Å². The molecule has 144 valence electrons. The van der Waals surface area contributed by atoms with Gasteiger partial charge in [-0.15, -0.1) is 0 Å². The molecule has 1 amide bonds. The number of nitrogens with one attached hydrogen (secondary N) is 2. The molecule has 3 aromatic rings. The summed E-state index contributed by atoms with van der Waals surface area (Å²) in [6.45, 7) is 2.48. The van der Waals surface area contributed by atoms with Crippen molar-refractivity contribution in [2.24, 2.45) is 0 Å². The van der Waals surface area contributed by atoms with Crippen LogP contribution in [0.25, 0.3) is 11.3 Å². The standard InChI is InChI=1S/C20H20ClN5O2/c1-14(27)22-10-4-12-28-19-17(7-3-9-23-19)18-8-11-24-20(26-18)25-16-6-2-5-15(21)13-16/h2-3,5-9,11,13H,4,10,12H2,1H3,(H,22,27)(H,24,25,26). The first-order chi connectivity index (χ1) is 13.6. The third-order valence-corrected chi connectivity index (χ3v) is 3.95. The summed E-state index contributed by atoms with van der Waals surface area (Å²) in [6.07, 6.45) is 4.02. The van der Waals surface area contributed by atoms with E-state index in [1.165, 1.54) is 6.92 Å². The quantitative estimate of drug-likeness (QED) is 0.561. The summed E-state index contributed by atoms with van der Waals surface area (Å²) in [5.41, 5.74) is 2.24. The lowest BCUT2D eigenvalue weighted by Gasteiger charge is -2.11. The first kappa shape index (κ1) is 19.6. The van der Waals surface area contributed by atoms with Crippen molar-refractivity contribution in [3.63, 3.8) is 0 Å². The summed E-state index contributed by atoms with van der Waals surface area (Å²) in [7, 11) is 0. The molecule has 2 N–H and O–H groups in total. The van der Waals surface area contributed by atoms with Gasteiger partial charge in [0.15, 0.2) is 0 Å². The van der Waals surface area contributed by atoms with Gasteiger partial charge in [-0.25, -0.2) is 15.0 Å². The third-order valence-electron chi connectivity index (χ3n) is 3.72. The lowest BCUT2D eigenvalue weighted by molar-refractivity contribution is -0.118. The molecular formula is C20H20ClN5O2. The van der Waals surface area contributed by atoms with Gasteiger partial charge in [-0.3, -0.25) is 4.79 Å². The maximum absolute atomic E-state index is 10.9. The number of aromatic nitrogens is 3. The Morgan fingerprint density at radius 3 is 2.86 bits per heavy atom. The van der Waals surface area contributed by atoms with Crippen LogP contribution < -0.4 is 15.4 Å². The van der Waals surface area contributed by atoms with Gasteiger partial charge < -0.3 is 15.4 Å². The Hall–Kier alpha value is -3.19. The number of ether oxygens (including phenoxy) is 1. The zero-order valence-corrected chi connectivity index (χ0v) is 16.1. The predicted octanol–water partition coefficient (Wildman–Crippen LogP) is 3.84. The van der Waals surface area contributed by atoms with Crippen molar-refractivity contribution >= 4 is 29.1 Å². The molecule has 0 fully saturated rings. The summed E-state index contributed by atoms with van der Waals surface area (Å²) in [6, 6.07) is 12.8. The molecule has 8 heteroatoms. The number of halogens is 1. The van der Waals surface area contributed by atoms with Gasteiger partial charge in [0.05, 0.1) is 17.9 Å². The third kappa shape index (κ3) is 5.65. The highest BCUT2D eigenvalue weighted by Gasteiger charge is 2.10.